The maximum absolute atomic E-state index is 12.1. The molecule has 2 amide bonds. The number of alkyl halides is 3. The van der Waals surface area contributed by atoms with Gasteiger partial charge in [0.15, 0.2) is 0 Å². The third-order valence-corrected chi connectivity index (χ3v) is 4.42. The summed E-state index contributed by atoms with van der Waals surface area (Å²) in [6, 6.07) is 3.56. The molecule has 1 fully saturated rings. The maximum atomic E-state index is 12.1. The van der Waals surface area contributed by atoms with Crippen LogP contribution in [0, 0.1) is 0 Å². The number of carbonyl (C=O) groups excluding carboxylic acids is 2. The normalized spacial score (nSPS) is 20.5. The first-order chi connectivity index (χ1) is 11.6. The summed E-state index contributed by atoms with van der Waals surface area (Å²) in [7, 11) is 0. The van der Waals surface area contributed by atoms with Crippen molar-refractivity contribution in [2.24, 2.45) is 0 Å². The van der Waals surface area contributed by atoms with Crippen LogP contribution in [0.4, 0.5) is 18.9 Å². The number of carboxylic acids is 1. The van der Waals surface area contributed by atoms with E-state index in [1.54, 1.807) is 0 Å². The third-order valence-electron chi connectivity index (χ3n) is 3.11. The quantitative estimate of drug-likeness (QED) is 0.719. The van der Waals surface area contributed by atoms with Crippen LogP contribution in [0.1, 0.15) is 6.42 Å². The number of thioether (sulfide) groups is 1. The summed E-state index contributed by atoms with van der Waals surface area (Å²) < 4.78 is 39.9. The topological polar surface area (TPSA) is 105 Å². The molecule has 1 aromatic carbocycles. The average molecular weight is 378 g/mol. The van der Waals surface area contributed by atoms with Crippen LogP contribution in [-0.2, 0) is 14.4 Å². The second kappa shape index (κ2) is 7.64. The van der Waals surface area contributed by atoms with Gasteiger partial charge < -0.3 is 20.5 Å². The number of carboxylic acid groups (broad SMARTS) is 1. The molecule has 0 bridgehead atoms. The van der Waals surface area contributed by atoms with Crippen molar-refractivity contribution in [3.63, 3.8) is 0 Å². The molecule has 1 aliphatic rings. The largest absolute Gasteiger partial charge is 0.573 e. The Labute approximate surface area is 143 Å². The van der Waals surface area contributed by atoms with Gasteiger partial charge in [0.2, 0.25) is 11.8 Å². The van der Waals surface area contributed by atoms with Crippen molar-refractivity contribution < 1.29 is 37.4 Å². The molecule has 3 N–H and O–H groups in total. The predicted octanol–water partition coefficient (Wildman–Crippen LogP) is 1.60. The molecule has 25 heavy (non-hydrogen) atoms. The molecule has 136 valence electrons. The van der Waals surface area contributed by atoms with Gasteiger partial charge in [0.25, 0.3) is 0 Å². The lowest BCUT2D eigenvalue weighted by Crippen LogP contribution is -2.51. The highest BCUT2D eigenvalue weighted by Gasteiger charge is 2.33. The number of ether oxygens (including phenoxy) is 1. The number of amides is 2. The first-order valence-electron chi connectivity index (χ1n) is 6.94. The number of benzene rings is 1. The van der Waals surface area contributed by atoms with Crippen molar-refractivity contribution in [2.75, 3.05) is 11.1 Å². The Morgan fingerprint density at radius 2 is 1.96 bits per heavy atom. The van der Waals surface area contributed by atoms with Gasteiger partial charge in [-0.25, -0.2) is 4.79 Å². The van der Waals surface area contributed by atoms with Crippen molar-refractivity contribution in [3.8, 4) is 5.75 Å². The minimum atomic E-state index is -4.80. The molecule has 7 nitrogen and oxygen atoms in total. The number of hydrogen-bond acceptors (Lipinski definition) is 5. The van der Waals surface area contributed by atoms with Crippen LogP contribution in [0.3, 0.4) is 0 Å². The monoisotopic (exact) mass is 378 g/mol. The zero-order chi connectivity index (χ0) is 18.6. The smallest absolute Gasteiger partial charge is 0.480 e. The van der Waals surface area contributed by atoms with E-state index < -0.39 is 41.2 Å². The molecular weight excluding hydrogens is 365 g/mol. The maximum Gasteiger partial charge on any atom is 0.573 e. The fourth-order valence-electron chi connectivity index (χ4n) is 2.00. The summed E-state index contributed by atoms with van der Waals surface area (Å²) in [6.07, 6.45) is -4.99. The zero-order valence-corrected chi connectivity index (χ0v) is 13.3. The molecule has 0 saturated carbocycles. The van der Waals surface area contributed by atoms with E-state index in [1.165, 1.54) is 12.1 Å². The summed E-state index contributed by atoms with van der Waals surface area (Å²) in [4.78, 5) is 34.5. The summed E-state index contributed by atoms with van der Waals surface area (Å²) in [5.41, 5.74) is 0.240. The summed E-state index contributed by atoms with van der Waals surface area (Å²) in [5.74, 6) is -2.50. The lowest BCUT2D eigenvalue weighted by Gasteiger charge is -2.25. The highest BCUT2D eigenvalue weighted by molar-refractivity contribution is 8.00. The van der Waals surface area contributed by atoms with Gasteiger partial charge in [-0.15, -0.1) is 24.9 Å². The molecule has 0 radical (unpaired) electrons. The molecule has 1 aromatic rings. The third kappa shape index (κ3) is 5.85. The fraction of sp³-hybridized carbons (Fsp3) is 0.357. The summed E-state index contributed by atoms with van der Waals surface area (Å²) >= 11 is 1.06. The van der Waals surface area contributed by atoms with E-state index in [0.29, 0.717) is 0 Å². The Balaban J connectivity index is 1.86. The molecular formula is C14H13F3N2O5S. The predicted molar refractivity (Wildman–Crippen MR) is 82.2 cm³/mol. The lowest BCUT2D eigenvalue weighted by molar-refractivity contribution is -0.274. The first-order valence-corrected chi connectivity index (χ1v) is 7.99. The molecule has 1 heterocycles. The van der Waals surface area contributed by atoms with Gasteiger partial charge in [-0.2, -0.15) is 0 Å². The van der Waals surface area contributed by atoms with Crippen LogP contribution >= 0.6 is 11.8 Å². The average Bonchev–Trinajstić information content (AvgIpc) is 2.49. The van der Waals surface area contributed by atoms with E-state index in [9.17, 15) is 27.6 Å². The van der Waals surface area contributed by atoms with E-state index in [0.717, 1.165) is 23.9 Å². The number of carbonyl (C=O) groups is 3. The van der Waals surface area contributed by atoms with Crippen LogP contribution in [0.15, 0.2) is 24.3 Å². The van der Waals surface area contributed by atoms with Crippen LogP contribution in [0.2, 0.25) is 0 Å². The molecule has 2 rings (SSSR count). The second-order valence-electron chi connectivity index (χ2n) is 5.05. The number of rotatable bonds is 5. The molecule has 0 aliphatic carbocycles. The van der Waals surface area contributed by atoms with Crippen molar-refractivity contribution in [1.29, 1.82) is 0 Å². The van der Waals surface area contributed by atoms with E-state index in [4.69, 9.17) is 5.11 Å². The minimum absolute atomic E-state index is 0.141. The van der Waals surface area contributed by atoms with E-state index in [1.807, 2.05) is 0 Å². The first kappa shape index (κ1) is 18.9. The highest BCUT2D eigenvalue weighted by Crippen LogP contribution is 2.25. The summed E-state index contributed by atoms with van der Waals surface area (Å²) in [5, 5.41) is 12.8. The standard InChI is InChI=1S/C14H13F3N2O5S/c15-14(16,17)24-8-3-1-7(2-4-8)18-11(20)5-10-12(21)19-9(6-25-10)13(22)23/h1-4,9-10H,5-6H2,(H,18,20)(H,19,21)(H,22,23). The minimum Gasteiger partial charge on any atom is -0.480 e. The van der Waals surface area contributed by atoms with Crippen LogP contribution < -0.4 is 15.4 Å². The lowest BCUT2D eigenvalue weighted by atomic mass is 10.2. The van der Waals surface area contributed by atoms with Gasteiger partial charge >= 0.3 is 12.3 Å². The zero-order valence-electron chi connectivity index (χ0n) is 12.5. The van der Waals surface area contributed by atoms with Gasteiger partial charge in [-0.1, -0.05) is 0 Å². The van der Waals surface area contributed by atoms with E-state index in [2.05, 4.69) is 15.4 Å². The van der Waals surface area contributed by atoms with Crippen molar-refractivity contribution in [1.82, 2.24) is 5.32 Å². The van der Waals surface area contributed by atoms with Gasteiger partial charge in [-0.3, -0.25) is 9.59 Å². The van der Waals surface area contributed by atoms with Crippen LogP contribution in [0.5, 0.6) is 5.75 Å². The molecule has 2 unspecified atom stereocenters. The number of aliphatic carboxylic acids is 1. The van der Waals surface area contributed by atoms with Gasteiger partial charge in [0.05, 0.1) is 5.25 Å². The van der Waals surface area contributed by atoms with Crippen molar-refractivity contribution >= 4 is 35.2 Å². The molecule has 1 saturated heterocycles. The van der Waals surface area contributed by atoms with Gasteiger partial charge in [-0.05, 0) is 24.3 Å². The molecule has 0 aromatic heterocycles. The number of anilines is 1. The van der Waals surface area contributed by atoms with Gasteiger partial charge in [0, 0.05) is 17.9 Å². The number of hydrogen-bond donors (Lipinski definition) is 3. The fourth-order valence-corrected chi connectivity index (χ4v) is 3.14. The molecule has 0 spiro atoms. The summed E-state index contributed by atoms with van der Waals surface area (Å²) in [6.45, 7) is 0. The van der Waals surface area contributed by atoms with E-state index in [-0.39, 0.29) is 17.9 Å². The second-order valence-corrected chi connectivity index (χ2v) is 6.28. The SMILES string of the molecule is O=C(CC1SCC(C(=O)O)NC1=O)Nc1ccc(OC(F)(F)F)cc1. The highest BCUT2D eigenvalue weighted by atomic mass is 32.2. The Bertz CT molecular complexity index is 665. The molecule has 2 atom stereocenters. The van der Waals surface area contributed by atoms with Crippen LogP contribution in [0.25, 0.3) is 0 Å². The Hall–Kier alpha value is -2.43. The molecule has 1 aliphatic heterocycles. The Morgan fingerprint density at radius 3 is 2.48 bits per heavy atom. The van der Waals surface area contributed by atoms with Crippen molar-refractivity contribution in [3.05, 3.63) is 24.3 Å². The number of halogens is 3. The number of nitrogens with one attached hydrogen (secondary N) is 2. The molecule has 11 heteroatoms. The van der Waals surface area contributed by atoms with Gasteiger partial charge in [0.1, 0.15) is 11.8 Å². The van der Waals surface area contributed by atoms with Crippen molar-refractivity contribution in [2.45, 2.75) is 24.1 Å². The van der Waals surface area contributed by atoms with E-state index >= 15 is 0 Å². The Morgan fingerprint density at radius 1 is 1.32 bits per heavy atom. The van der Waals surface area contributed by atoms with Crippen LogP contribution in [-0.4, -0.2) is 46.3 Å². The Kier molecular flexibility index (Phi) is 5.77.